The van der Waals surface area contributed by atoms with Crippen molar-refractivity contribution in [2.24, 2.45) is 0 Å². The fraction of sp³-hybridized carbons (Fsp3) is 0.278. The Labute approximate surface area is 126 Å². The number of aryl methyl sites for hydroxylation is 1. The molecule has 21 heavy (non-hydrogen) atoms. The van der Waals surface area contributed by atoms with E-state index in [1.54, 1.807) is 0 Å². The normalized spacial score (nSPS) is 13.3. The number of para-hydroxylation sites is 1. The maximum atomic E-state index is 12.5. The molecule has 0 aromatic heterocycles. The lowest BCUT2D eigenvalue weighted by Crippen LogP contribution is -2.42. The van der Waals surface area contributed by atoms with Crippen molar-refractivity contribution in [1.82, 2.24) is 0 Å². The van der Waals surface area contributed by atoms with Crippen LogP contribution in [0.2, 0.25) is 0 Å². The van der Waals surface area contributed by atoms with Crippen molar-refractivity contribution in [3.63, 3.8) is 0 Å². The first-order valence-electron chi connectivity index (χ1n) is 7.14. The number of ether oxygens (including phenoxy) is 1. The summed E-state index contributed by atoms with van der Waals surface area (Å²) in [5.41, 5.74) is 2.01. The van der Waals surface area contributed by atoms with Gasteiger partial charge in [-0.2, -0.15) is 0 Å². The van der Waals surface area contributed by atoms with Crippen LogP contribution < -0.4 is 5.32 Å². The van der Waals surface area contributed by atoms with Gasteiger partial charge >= 0.3 is 5.97 Å². The molecule has 1 N–H and O–H groups in total. The smallest absolute Gasteiger partial charge is 0.336 e. The molecule has 1 unspecified atom stereocenters. The highest BCUT2D eigenvalue weighted by atomic mass is 16.5. The molecule has 3 nitrogen and oxygen atoms in total. The molecule has 0 heterocycles. The first-order valence-corrected chi connectivity index (χ1v) is 7.14. The quantitative estimate of drug-likeness (QED) is 0.846. The van der Waals surface area contributed by atoms with Gasteiger partial charge in [0.1, 0.15) is 0 Å². The number of carbonyl (C=O) groups excluding carboxylic acids is 1. The average molecular weight is 283 g/mol. The van der Waals surface area contributed by atoms with Crippen molar-refractivity contribution in [3.05, 3.63) is 65.7 Å². The van der Waals surface area contributed by atoms with Gasteiger partial charge in [-0.25, -0.2) is 4.79 Å². The predicted molar refractivity (Wildman–Crippen MR) is 85.2 cm³/mol. The number of esters is 1. The Morgan fingerprint density at radius 2 is 1.71 bits per heavy atom. The molecule has 0 saturated carbocycles. The van der Waals surface area contributed by atoms with E-state index < -0.39 is 5.54 Å². The number of benzene rings is 2. The molecular formula is C18H21NO2. The Morgan fingerprint density at radius 1 is 1.10 bits per heavy atom. The van der Waals surface area contributed by atoms with Gasteiger partial charge in [0.2, 0.25) is 0 Å². The molecule has 0 fully saturated rings. The van der Waals surface area contributed by atoms with Gasteiger partial charge in [-0.05, 0) is 38.5 Å². The zero-order chi connectivity index (χ0) is 15.3. The summed E-state index contributed by atoms with van der Waals surface area (Å²) in [6.45, 7) is 6.05. The van der Waals surface area contributed by atoms with Crippen molar-refractivity contribution in [3.8, 4) is 0 Å². The SMILES string of the molecule is CCOC(=O)C(C)(Nc1ccccc1)c1ccc(C)cc1. The van der Waals surface area contributed by atoms with Crippen LogP contribution in [0.3, 0.4) is 0 Å². The second-order valence-corrected chi connectivity index (χ2v) is 5.20. The fourth-order valence-corrected chi connectivity index (χ4v) is 2.21. The lowest BCUT2D eigenvalue weighted by molar-refractivity contribution is -0.148. The van der Waals surface area contributed by atoms with Crippen molar-refractivity contribution in [2.45, 2.75) is 26.3 Å². The summed E-state index contributed by atoms with van der Waals surface area (Å²) in [6.07, 6.45) is 0. The van der Waals surface area contributed by atoms with Crippen LogP contribution in [-0.4, -0.2) is 12.6 Å². The summed E-state index contributed by atoms with van der Waals surface area (Å²) in [5.74, 6) is -0.280. The lowest BCUT2D eigenvalue weighted by Gasteiger charge is -2.30. The van der Waals surface area contributed by atoms with Crippen LogP contribution in [0.15, 0.2) is 54.6 Å². The molecule has 2 aromatic carbocycles. The molecular weight excluding hydrogens is 262 g/mol. The Kier molecular flexibility index (Phi) is 4.63. The number of hydrogen-bond acceptors (Lipinski definition) is 3. The maximum absolute atomic E-state index is 12.5. The Bertz CT molecular complexity index is 592. The molecule has 0 saturated heterocycles. The molecule has 0 aliphatic rings. The Morgan fingerprint density at radius 3 is 2.29 bits per heavy atom. The monoisotopic (exact) mass is 283 g/mol. The highest BCUT2D eigenvalue weighted by Crippen LogP contribution is 2.28. The minimum atomic E-state index is -0.912. The van der Waals surface area contributed by atoms with Gasteiger partial charge in [0.25, 0.3) is 0 Å². The van der Waals surface area contributed by atoms with Gasteiger partial charge in [0.05, 0.1) is 6.61 Å². The summed E-state index contributed by atoms with van der Waals surface area (Å²) in [4.78, 5) is 12.5. The average Bonchev–Trinajstić information content (AvgIpc) is 2.49. The van der Waals surface area contributed by atoms with Crippen molar-refractivity contribution in [2.75, 3.05) is 11.9 Å². The zero-order valence-electron chi connectivity index (χ0n) is 12.7. The molecule has 2 rings (SSSR count). The van der Waals surface area contributed by atoms with Crippen LogP contribution in [0.1, 0.15) is 25.0 Å². The molecule has 0 amide bonds. The highest BCUT2D eigenvalue weighted by Gasteiger charge is 2.36. The Hall–Kier alpha value is -2.29. The van der Waals surface area contributed by atoms with Crippen LogP contribution in [-0.2, 0) is 15.1 Å². The standard InChI is InChI=1S/C18H21NO2/c1-4-21-17(20)18(3,15-12-10-14(2)11-13-15)19-16-8-6-5-7-9-16/h5-13,19H,4H2,1-3H3. The molecule has 0 bridgehead atoms. The third kappa shape index (κ3) is 3.43. The van der Waals surface area contributed by atoms with E-state index in [-0.39, 0.29) is 5.97 Å². The van der Waals surface area contributed by atoms with Gasteiger partial charge in [-0.1, -0.05) is 48.0 Å². The van der Waals surface area contributed by atoms with Crippen LogP contribution in [0, 0.1) is 6.92 Å². The summed E-state index contributed by atoms with van der Waals surface area (Å²) >= 11 is 0. The zero-order valence-corrected chi connectivity index (χ0v) is 12.7. The fourth-order valence-electron chi connectivity index (χ4n) is 2.21. The van der Waals surface area contributed by atoms with Crippen LogP contribution >= 0.6 is 0 Å². The minimum absolute atomic E-state index is 0.280. The Balaban J connectivity index is 2.38. The summed E-state index contributed by atoms with van der Waals surface area (Å²) < 4.78 is 5.26. The summed E-state index contributed by atoms with van der Waals surface area (Å²) in [7, 11) is 0. The highest BCUT2D eigenvalue weighted by molar-refractivity contribution is 5.85. The van der Waals surface area contributed by atoms with Gasteiger partial charge in [0.15, 0.2) is 5.54 Å². The van der Waals surface area contributed by atoms with Crippen molar-refractivity contribution in [1.29, 1.82) is 0 Å². The summed E-state index contributed by atoms with van der Waals surface area (Å²) in [6, 6.07) is 17.6. The summed E-state index contributed by atoms with van der Waals surface area (Å²) in [5, 5.41) is 3.30. The molecule has 0 spiro atoms. The maximum Gasteiger partial charge on any atom is 0.336 e. The third-order valence-corrected chi connectivity index (χ3v) is 3.48. The van der Waals surface area contributed by atoms with Gasteiger partial charge in [-0.3, -0.25) is 0 Å². The number of hydrogen-bond donors (Lipinski definition) is 1. The largest absolute Gasteiger partial charge is 0.464 e. The van der Waals surface area contributed by atoms with Crippen LogP contribution in [0.25, 0.3) is 0 Å². The molecule has 2 aromatic rings. The van der Waals surface area contributed by atoms with E-state index in [0.717, 1.165) is 16.8 Å². The molecule has 110 valence electrons. The first-order chi connectivity index (χ1) is 10.1. The first kappa shape index (κ1) is 15.1. The molecule has 0 aliphatic heterocycles. The van der Waals surface area contributed by atoms with Gasteiger partial charge < -0.3 is 10.1 Å². The van der Waals surface area contributed by atoms with Crippen molar-refractivity contribution < 1.29 is 9.53 Å². The van der Waals surface area contributed by atoms with Gasteiger partial charge in [-0.15, -0.1) is 0 Å². The molecule has 3 heteroatoms. The number of carbonyl (C=O) groups is 1. The third-order valence-electron chi connectivity index (χ3n) is 3.48. The van der Waals surface area contributed by atoms with E-state index >= 15 is 0 Å². The predicted octanol–water partition coefficient (Wildman–Crippen LogP) is 3.89. The van der Waals surface area contributed by atoms with E-state index in [0.29, 0.717) is 6.61 Å². The van der Waals surface area contributed by atoms with Crippen LogP contribution in [0.4, 0.5) is 5.69 Å². The second-order valence-electron chi connectivity index (χ2n) is 5.20. The van der Waals surface area contributed by atoms with E-state index in [1.165, 1.54) is 0 Å². The van der Waals surface area contributed by atoms with E-state index in [2.05, 4.69) is 5.32 Å². The van der Waals surface area contributed by atoms with Gasteiger partial charge in [0, 0.05) is 5.69 Å². The molecule has 1 atom stereocenters. The van der Waals surface area contributed by atoms with Crippen LogP contribution in [0.5, 0.6) is 0 Å². The molecule has 0 radical (unpaired) electrons. The molecule has 0 aliphatic carbocycles. The number of nitrogens with one attached hydrogen (secondary N) is 1. The van der Waals surface area contributed by atoms with E-state index in [1.807, 2.05) is 75.4 Å². The number of rotatable bonds is 5. The second kappa shape index (κ2) is 6.44. The minimum Gasteiger partial charge on any atom is -0.464 e. The topological polar surface area (TPSA) is 38.3 Å². The van der Waals surface area contributed by atoms with E-state index in [9.17, 15) is 4.79 Å². The van der Waals surface area contributed by atoms with Crippen molar-refractivity contribution >= 4 is 11.7 Å². The lowest BCUT2D eigenvalue weighted by atomic mass is 9.91. The van der Waals surface area contributed by atoms with E-state index in [4.69, 9.17) is 4.74 Å². The number of anilines is 1.